The minimum absolute atomic E-state index is 0.149. The number of nitrogens with zero attached hydrogens (tertiary/aromatic N) is 1. The van der Waals surface area contributed by atoms with Gasteiger partial charge in [0.05, 0.1) is 15.8 Å². The van der Waals surface area contributed by atoms with Crippen LogP contribution in [0.2, 0.25) is 0 Å². The standard InChI is InChI=1S/C11H17F2N3O2S2/c1-6(2)5-7(14)11(17)16-20(15,18)8-3-4-19-9(8)10(12)13/h3-4,6-7,10H,5,14H2,1-2H3,(H2,15,16,17,18)/t7-,20?/m0/s1. The summed E-state index contributed by atoms with van der Waals surface area (Å²) in [6, 6.07) is 0.257. The molecule has 2 atom stereocenters. The fraction of sp³-hybridized carbons (Fsp3) is 0.545. The monoisotopic (exact) mass is 325 g/mol. The van der Waals surface area contributed by atoms with Crippen LogP contribution in [0.3, 0.4) is 0 Å². The summed E-state index contributed by atoms with van der Waals surface area (Å²) in [6.07, 6.45) is -2.47. The van der Waals surface area contributed by atoms with Gasteiger partial charge in [-0.1, -0.05) is 13.8 Å². The van der Waals surface area contributed by atoms with Crippen molar-refractivity contribution in [2.75, 3.05) is 0 Å². The molecule has 0 aliphatic rings. The first-order chi connectivity index (χ1) is 9.15. The van der Waals surface area contributed by atoms with Gasteiger partial charge in [0.2, 0.25) is 0 Å². The zero-order chi connectivity index (χ0) is 15.5. The summed E-state index contributed by atoms with van der Waals surface area (Å²) in [6.45, 7) is 3.72. The molecule has 0 aliphatic carbocycles. The second kappa shape index (κ2) is 6.70. The number of carbonyl (C=O) groups is 1. The molecule has 1 aromatic rings. The van der Waals surface area contributed by atoms with Crippen LogP contribution in [-0.4, -0.2) is 16.2 Å². The summed E-state index contributed by atoms with van der Waals surface area (Å²) >= 11 is 0.719. The molecule has 0 saturated heterocycles. The van der Waals surface area contributed by atoms with Gasteiger partial charge in [0.15, 0.2) is 0 Å². The van der Waals surface area contributed by atoms with E-state index in [1.807, 2.05) is 13.8 Å². The number of amides is 1. The highest BCUT2D eigenvalue weighted by molar-refractivity contribution is 7.92. The van der Waals surface area contributed by atoms with E-state index >= 15 is 0 Å². The van der Waals surface area contributed by atoms with Gasteiger partial charge in [0, 0.05) is 0 Å². The number of hydrogen-bond acceptors (Lipinski definition) is 4. The molecule has 114 valence electrons. The topological polar surface area (TPSA) is 98.5 Å². The molecule has 0 spiro atoms. The third-order valence-electron chi connectivity index (χ3n) is 2.44. The minimum atomic E-state index is -3.70. The third kappa shape index (κ3) is 4.30. The number of halogens is 2. The van der Waals surface area contributed by atoms with Crippen LogP contribution in [0.4, 0.5) is 8.78 Å². The highest BCUT2D eigenvalue weighted by atomic mass is 32.2. The Hall–Kier alpha value is -0.900. The first-order valence-electron chi connectivity index (χ1n) is 5.85. The summed E-state index contributed by atoms with van der Waals surface area (Å²) in [7, 11) is -3.70. The fourth-order valence-electron chi connectivity index (χ4n) is 1.57. The zero-order valence-electron chi connectivity index (χ0n) is 11.1. The highest BCUT2D eigenvalue weighted by Crippen LogP contribution is 2.31. The molecular formula is C11H17F2N3O2S2. The number of thiophene rings is 1. The van der Waals surface area contributed by atoms with E-state index in [9.17, 15) is 17.8 Å². The fourth-order valence-corrected chi connectivity index (χ4v) is 3.94. The normalized spacial score (nSPS) is 16.2. The average Bonchev–Trinajstić information content (AvgIpc) is 2.76. The van der Waals surface area contributed by atoms with E-state index < -0.39 is 33.2 Å². The van der Waals surface area contributed by atoms with Gasteiger partial charge in [-0.2, -0.15) is 0 Å². The number of hydrogen-bond donors (Lipinski definition) is 2. The first-order valence-corrected chi connectivity index (χ1v) is 8.30. The van der Waals surface area contributed by atoms with Crippen LogP contribution in [0, 0.1) is 5.92 Å². The van der Waals surface area contributed by atoms with Crippen molar-refractivity contribution in [2.45, 2.75) is 37.6 Å². The average molecular weight is 325 g/mol. The van der Waals surface area contributed by atoms with E-state index in [0.717, 1.165) is 11.3 Å². The Morgan fingerprint density at radius 2 is 2.10 bits per heavy atom. The second-order valence-corrected chi connectivity index (χ2v) is 7.39. The Morgan fingerprint density at radius 3 is 2.60 bits per heavy atom. The van der Waals surface area contributed by atoms with Crippen molar-refractivity contribution in [1.82, 2.24) is 0 Å². The third-order valence-corrected chi connectivity index (χ3v) is 4.93. The molecule has 0 bridgehead atoms. The molecule has 0 saturated carbocycles. The zero-order valence-corrected chi connectivity index (χ0v) is 12.7. The van der Waals surface area contributed by atoms with E-state index in [2.05, 4.69) is 4.36 Å². The molecule has 1 unspecified atom stereocenters. The van der Waals surface area contributed by atoms with Gasteiger partial charge < -0.3 is 5.73 Å². The van der Waals surface area contributed by atoms with Gasteiger partial charge in [-0.15, -0.1) is 15.7 Å². The highest BCUT2D eigenvalue weighted by Gasteiger charge is 2.23. The van der Waals surface area contributed by atoms with Crippen molar-refractivity contribution >= 4 is 27.2 Å². The summed E-state index contributed by atoms with van der Waals surface area (Å²) < 4.78 is 41.0. The van der Waals surface area contributed by atoms with Crippen LogP contribution in [0.5, 0.6) is 0 Å². The number of alkyl halides is 2. The van der Waals surface area contributed by atoms with Crippen molar-refractivity contribution in [3.63, 3.8) is 0 Å². The molecule has 20 heavy (non-hydrogen) atoms. The lowest BCUT2D eigenvalue weighted by molar-refractivity contribution is -0.119. The summed E-state index contributed by atoms with van der Waals surface area (Å²) in [5, 5.41) is 6.78. The van der Waals surface area contributed by atoms with E-state index in [4.69, 9.17) is 10.9 Å². The molecule has 0 fully saturated rings. The molecule has 1 aromatic heterocycles. The molecular weight excluding hydrogens is 308 g/mol. The van der Waals surface area contributed by atoms with Crippen LogP contribution in [0.25, 0.3) is 0 Å². The van der Waals surface area contributed by atoms with Gasteiger partial charge in [-0.3, -0.25) is 4.79 Å². The largest absolute Gasteiger partial charge is 0.320 e. The lowest BCUT2D eigenvalue weighted by Gasteiger charge is -2.11. The number of nitrogens with two attached hydrogens (primary N) is 2. The second-order valence-electron chi connectivity index (χ2n) is 4.68. The van der Waals surface area contributed by atoms with Crippen LogP contribution >= 0.6 is 11.3 Å². The van der Waals surface area contributed by atoms with Crippen molar-refractivity contribution in [1.29, 1.82) is 0 Å². The SMILES string of the molecule is CC(C)C[C@H](N)C(=O)N=S(N)(=O)c1ccsc1C(F)F. The van der Waals surface area contributed by atoms with Gasteiger partial charge in [0.1, 0.15) is 9.92 Å². The molecule has 5 nitrogen and oxygen atoms in total. The minimum Gasteiger partial charge on any atom is -0.320 e. The molecule has 9 heteroatoms. The molecule has 0 aliphatic heterocycles. The lowest BCUT2D eigenvalue weighted by atomic mass is 10.0. The molecule has 0 aromatic carbocycles. The Kier molecular flexibility index (Phi) is 5.75. The van der Waals surface area contributed by atoms with E-state index in [1.165, 1.54) is 11.4 Å². The van der Waals surface area contributed by atoms with Gasteiger partial charge in [-0.25, -0.2) is 18.1 Å². The quantitative estimate of drug-likeness (QED) is 0.869. The molecule has 1 amide bonds. The van der Waals surface area contributed by atoms with E-state index in [-0.39, 0.29) is 10.8 Å². The Labute approximate surface area is 120 Å². The van der Waals surface area contributed by atoms with E-state index in [1.54, 1.807) is 0 Å². The summed E-state index contributed by atoms with van der Waals surface area (Å²) in [4.78, 5) is 11.0. The Balaban J connectivity index is 3.09. The molecule has 1 rings (SSSR count). The van der Waals surface area contributed by atoms with Crippen molar-refractivity contribution in [3.05, 3.63) is 16.3 Å². The summed E-state index contributed by atoms with van der Waals surface area (Å²) in [5.41, 5.74) is 5.61. The van der Waals surface area contributed by atoms with Crippen LogP contribution in [0.15, 0.2) is 20.7 Å². The molecule has 4 N–H and O–H groups in total. The number of rotatable bonds is 5. The first kappa shape index (κ1) is 17.2. The Bertz CT molecular complexity index is 592. The van der Waals surface area contributed by atoms with Gasteiger partial charge in [0.25, 0.3) is 12.3 Å². The predicted molar refractivity (Wildman–Crippen MR) is 74.7 cm³/mol. The Morgan fingerprint density at radius 1 is 1.50 bits per heavy atom. The van der Waals surface area contributed by atoms with Crippen molar-refractivity contribution in [2.24, 2.45) is 21.2 Å². The molecule has 0 radical (unpaired) electrons. The smallest absolute Gasteiger partial charge is 0.274 e. The van der Waals surface area contributed by atoms with Crippen molar-refractivity contribution < 1.29 is 17.8 Å². The summed E-state index contributed by atoms with van der Waals surface area (Å²) in [5.74, 6) is -0.687. The lowest BCUT2D eigenvalue weighted by Crippen LogP contribution is -2.32. The van der Waals surface area contributed by atoms with Crippen LogP contribution in [-0.2, 0) is 14.7 Å². The maximum absolute atomic E-state index is 12.7. The maximum atomic E-state index is 12.7. The van der Waals surface area contributed by atoms with Crippen LogP contribution < -0.4 is 10.9 Å². The maximum Gasteiger partial charge on any atom is 0.274 e. The van der Waals surface area contributed by atoms with Crippen molar-refractivity contribution in [3.8, 4) is 0 Å². The predicted octanol–water partition coefficient (Wildman–Crippen LogP) is 2.29. The number of carbonyl (C=O) groups excluding carboxylic acids is 1. The molecule has 1 heterocycles. The van der Waals surface area contributed by atoms with Gasteiger partial charge in [-0.05, 0) is 23.8 Å². The van der Waals surface area contributed by atoms with Crippen LogP contribution in [0.1, 0.15) is 31.6 Å². The van der Waals surface area contributed by atoms with Gasteiger partial charge >= 0.3 is 0 Å². The van der Waals surface area contributed by atoms with E-state index in [0.29, 0.717) is 6.42 Å².